The molecule has 2 aliphatic rings. The van der Waals surface area contributed by atoms with Gasteiger partial charge in [-0.2, -0.15) is 0 Å². The van der Waals surface area contributed by atoms with Gasteiger partial charge < -0.3 is 19.5 Å². The van der Waals surface area contributed by atoms with Crippen LogP contribution in [0.25, 0.3) is 0 Å². The van der Waals surface area contributed by atoms with E-state index in [9.17, 15) is 5.11 Å². The van der Waals surface area contributed by atoms with Gasteiger partial charge in [-0.15, -0.1) is 0 Å². The standard InChI is InChI=1S/C19H21ClN2O3/c20-15-3-1-2-4-16(15)22-9-7-21(8-10-22)12-17(23)14-5-6-18-19(11-14)25-13-24-18/h1-6,11,17,23H,7-10,12-13H2. The highest BCUT2D eigenvalue weighted by Crippen LogP contribution is 2.34. The highest BCUT2D eigenvalue weighted by atomic mass is 35.5. The van der Waals surface area contributed by atoms with Crippen LogP contribution < -0.4 is 14.4 Å². The Bertz CT molecular complexity index is 747. The van der Waals surface area contributed by atoms with Gasteiger partial charge in [0, 0.05) is 32.7 Å². The quantitative estimate of drug-likeness (QED) is 0.908. The number of para-hydroxylation sites is 1. The van der Waals surface area contributed by atoms with Crippen LogP contribution in [-0.4, -0.2) is 49.5 Å². The first-order valence-electron chi connectivity index (χ1n) is 8.50. The van der Waals surface area contributed by atoms with Gasteiger partial charge in [0.25, 0.3) is 0 Å². The summed E-state index contributed by atoms with van der Waals surface area (Å²) in [7, 11) is 0. The van der Waals surface area contributed by atoms with E-state index in [1.807, 2.05) is 36.4 Å². The lowest BCUT2D eigenvalue weighted by atomic mass is 10.1. The zero-order valence-electron chi connectivity index (χ0n) is 13.9. The lowest BCUT2D eigenvalue weighted by molar-refractivity contribution is 0.109. The predicted octanol–water partition coefficient (Wildman–Crippen LogP) is 2.92. The van der Waals surface area contributed by atoms with E-state index in [0.717, 1.165) is 48.2 Å². The molecule has 1 N–H and O–H groups in total. The van der Waals surface area contributed by atoms with Crippen molar-refractivity contribution in [3.63, 3.8) is 0 Å². The number of ether oxygens (including phenoxy) is 2. The van der Waals surface area contributed by atoms with Crippen LogP contribution >= 0.6 is 11.6 Å². The molecule has 1 saturated heterocycles. The third-order valence-corrected chi connectivity index (χ3v) is 5.10. The summed E-state index contributed by atoms with van der Waals surface area (Å²) >= 11 is 6.29. The molecule has 2 heterocycles. The second-order valence-electron chi connectivity index (χ2n) is 6.37. The Kier molecular flexibility index (Phi) is 4.70. The summed E-state index contributed by atoms with van der Waals surface area (Å²) in [4.78, 5) is 4.58. The molecule has 0 radical (unpaired) electrons. The van der Waals surface area contributed by atoms with Crippen molar-refractivity contribution in [2.75, 3.05) is 44.4 Å². The highest BCUT2D eigenvalue weighted by Gasteiger charge is 2.22. The molecule has 2 aliphatic heterocycles. The van der Waals surface area contributed by atoms with Gasteiger partial charge in [-0.05, 0) is 29.8 Å². The Balaban J connectivity index is 1.35. The normalized spacial score (nSPS) is 18.4. The first kappa shape index (κ1) is 16.5. The van der Waals surface area contributed by atoms with Gasteiger partial charge in [0.05, 0.1) is 16.8 Å². The van der Waals surface area contributed by atoms with E-state index in [4.69, 9.17) is 21.1 Å². The van der Waals surface area contributed by atoms with Crippen molar-refractivity contribution < 1.29 is 14.6 Å². The molecule has 0 saturated carbocycles. The van der Waals surface area contributed by atoms with E-state index in [2.05, 4.69) is 15.9 Å². The molecular weight excluding hydrogens is 340 g/mol. The third-order valence-electron chi connectivity index (χ3n) is 4.78. The van der Waals surface area contributed by atoms with E-state index in [1.54, 1.807) is 0 Å². The van der Waals surface area contributed by atoms with E-state index in [1.165, 1.54) is 0 Å². The maximum absolute atomic E-state index is 10.6. The lowest BCUT2D eigenvalue weighted by Crippen LogP contribution is -2.47. The summed E-state index contributed by atoms with van der Waals surface area (Å²) in [5.41, 5.74) is 1.94. The fourth-order valence-electron chi connectivity index (χ4n) is 3.35. The second kappa shape index (κ2) is 7.12. The molecule has 0 aromatic heterocycles. The molecule has 4 rings (SSSR count). The number of nitrogens with zero attached hydrogens (tertiary/aromatic N) is 2. The van der Waals surface area contributed by atoms with Gasteiger partial charge in [0.15, 0.2) is 11.5 Å². The van der Waals surface area contributed by atoms with Crippen LogP contribution in [0.1, 0.15) is 11.7 Å². The third kappa shape index (κ3) is 3.54. The summed E-state index contributed by atoms with van der Waals surface area (Å²) in [5, 5.41) is 11.3. The van der Waals surface area contributed by atoms with E-state index in [0.29, 0.717) is 12.3 Å². The number of β-amino-alcohol motifs (C(OH)–C–C–N with tert-alkyl or cyclic N) is 1. The number of halogens is 1. The molecule has 25 heavy (non-hydrogen) atoms. The van der Waals surface area contributed by atoms with Gasteiger partial charge in [-0.1, -0.05) is 29.8 Å². The lowest BCUT2D eigenvalue weighted by Gasteiger charge is -2.37. The monoisotopic (exact) mass is 360 g/mol. The molecule has 1 atom stereocenters. The maximum atomic E-state index is 10.6. The number of aliphatic hydroxyl groups is 1. The van der Waals surface area contributed by atoms with Gasteiger partial charge in [0.1, 0.15) is 0 Å². The molecule has 2 aromatic rings. The molecule has 1 unspecified atom stereocenters. The molecule has 0 amide bonds. The Labute approximate surface area is 152 Å². The van der Waals surface area contributed by atoms with Crippen LogP contribution in [0.4, 0.5) is 5.69 Å². The van der Waals surface area contributed by atoms with E-state index in [-0.39, 0.29) is 6.79 Å². The minimum atomic E-state index is -0.540. The Hall–Kier alpha value is -1.95. The number of rotatable bonds is 4. The first-order chi connectivity index (χ1) is 12.2. The number of benzene rings is 2. The molecule has 6 heteroatoms. The summed E-state index contributed by atoms with van der Waals surface area (Å²) in [6.45, 7) is 4.45. The predicted molar refractivity (Wildman–Crippen MR) is 97.6 cm³/mol. The van der Waals surface area contributed by atoms with Crippen LogP contribution in [0.3, 0.4) is 0 Å². The molecule has 132 valence electrons. The molecule has 2 aromatic carbocycles. The van der Waals surface area contributed by atoms with Gasteiger partial charge in [0.2, 0.25) is 6.79 Å². The number of hydrogen-bond acceptors (Lipinski definition) is 5. The number of hydrogen-bond donors (Lipinski definition) is 1. The maximum Gasteiger partial charge on any atom is 0.231 e. The minimum Gasteiger partial charge on any atom is -0.454 e. The Morgan fingerprint density at radius 3 is 2.56 bits per heavy atom. The molecular formula is C19H21ClN2O3. The smallest absolute Gasteiger partial charge is 0.231 e. The van der Waals surface area contributed by atoms with E-state index >= 15 is 0 Å². The second-order valence-corrected chi connectivity index (χ2v) is 6.77. The summed E-state index contributed by atoms with van der Waals surface area (Å²) < 4.78 is 10.7. The average Bonchev–Trinajstić information content (AvgIpc) is 3.10. The van der Waals surface area contributed by atoms with Crippen molar-refractivity contribution in [3.8, 4) is 11.5 Å². The average molecular weight is 361 g/mol. The molecule has 5 nitrogen and oxygen atoms in total. The van der Waals surface area contributed by atoms with Crippen LogP contribution in [-0.2, 0) is 0 Å². The Morgan fingerprint density at radius 2 is 1.76 bits per heavy atom. The van der Waals surface area contributed by atoms with Gasteiger partial charge in [-0.25, -0.2) is 0 Å². The van der Waals surface area contributed by atoms with Crippen molar-refractivity contribution in [3.05, 3.63) is 53.1 Å². The van der Waals surface area contributed by atoms with Crippen LogP contribution in [0.5, 0.6) is 11.5 Å². The molecule has 0 aliphatic carbocycles. The number of fused-ring (bicyclic) bond motifs is 1. The van der Waals surface area contributed by atoms with Crippen molar-refractivity contribution in [2.24, 2.45) is 0 Å². The van der Waals surface area contributed by atoms with Crippen molar-refractivity contribution in [2.45, 2.75) is 6.10 Å². The molecule has 1 fully saturated rings. The van der Waals surface area contributed by atoms with Gasteiger partial charge in [-0.3, -0.25) is 4.90 Å². The zero-order chi connectivity index (χ0) is 17.2. The fourth-order valence-corrected chi connectivity index (χ4v) is 3.61. The van der Waals surface area contributed by atoms with Crippen molar-refractivity contribution in [1.29, 1.82) is 0 Å². The van der Waals surface area contributed by atoms with Crippen LogP contribution in [0.15, 0.2) is 42.5 Å². The molecule has 0 bridgehead atoms. The summed E-state index contributed by atoms with van der Waals surface area (Å²) in [6, 6.07) is 13.6. The summed E-state index contributed by atoms with van der Waals surface area (Å²) in [5.74, 6) is 1.45. The molecule has 0 spiro atoms. The van der Waals surface area contributed by atoms with Crippen LogP contribution in [0.2, 0.25) is 5.02 Å². The van der Waals surface area contributed by atoms with Crippen molar-refractivity contribution in [1.82, 2.24) is 4.90 Å². The first-order valence-corrected chi connectivity index (χ1v) is 8.88. The van der Waals surface area contributed by atoms with Crippen molar-refractivity contribution >= 4 is 17.3 Å². The largest absolute Gasteiger partial charge is 0.454 e. The SMILES string of the molecule is OC(CN1CCN(c2ccccc2Cl)CC1)c1ccc2c(c1)OCO2. The highest BCUT2D eigenvalue weighted by molar-refractivity contribution is 6.33. The van der Waals surface area contributed by atoms with E-state index < -0.39 is 6.10 Å². The number of anilines is 1. The van der Waals surface area contributed by atoms with Crippen LogP contribution in [0, 0.1) is 0 Å². The topological polar surface area (TPSA) is 45.2 Å². The zero-order valence-corrected chi connectivity index (χ0v) is 14.7. The fraction of sp³-hybridized carbons (Fsp3) is 0.368. The van der Waals surface area contributed by atoms with Gasteiger partial charge >= 0.3 is 0 Å². The summed E-state index contributed by atoms with van der Waals surface area (Å²) in [6.07, 6.45) is -0.540. The number of aliphatic hydroxyl groups excluding tert-OH is 1. The minimum absolute atomic E-state index is 0.249. The number of piperazine rings is 1. The Morgan fingerprint density at radius 1 is 1.00 bits per heavy atom.